The lowest BCUT2D eigenvalue weighted by Gasteiger charge is -2.50. The van der Waals surface area contributed by atoms with Gasteiger partial charge in [0, 0.05) is 16.3 Å². The maximum Gasteiger partial charge on any atom is 0.331 e. The number of fused-ring (bicyclic) bond motifs is 1. The lowest BCUT2D eigenvalue weighted by Crippen LogP contribution is -2.60. The monoisotopic (exact) mass is 307 g/mol. The summed E-state index contributed by atoms with van der Waals surface area (Å²) in [5.41, 5.74) is 2.13. The van der Waals surface area contributed by atoms with E-state index < -0.39 is 5.54 Å². The zero-order valence-corrected chi connectivity index (χ0v) is 14.2. The number of hydrogen-bond donors (Lipinski definition) is 0. The predicted octanol–water partition coefficient (Wildman–Crippen LogP) is 4.29. The SMILES string of the molecule is COC(=O)C(C)(C)N1c2ccc(Cl)cc2C(C)=CC1(C)C. The van der Waals surface area contributed by atoms with E-state index in [1.807, 2.05) is 32.0 Å². The molecule has 0 saturated heterocycles. The molecule has 0 saturated carbocycles. The quantitative estimate of drug-likeness (QED) is 0.763. The van der Waals surface area contributed by atoms with E-state index in [0.29, 0.717) is 5.02 Å². The highest BCUT2D eigenvalue weighted by molar-refractivity contribution is 6.31. The van der Waals surface area contributed by atoms with E-state index in [1.54, 1.807) is 0 Å². The fourth-order valence-electron chi connectivity index (χ4n) is 3.36. The highest BCUT2D eigenvalue weighted by atomic mass is 35.5. The molecule has 0 unspecified atom stereocenters. The number of carbonyl (C=O) groups excluding carboxylic acids is 1. The number of benzene rings is 1. The third kappa shape index (κ3) is 2.55. The molecular weight excluding hydrogens is 286 g/mol. The van der Waals surface area contributed by atoms with Crippen LogP contribution in [-0.4, -0.2) is 24.2 Å². The number of anilines is 1. The Morgan fingerprint density at radius 1 is 1.33 bits per heavy atom. The van der Waals surface area contributed by atoms with Gasteiger partial charge >= 0.3 is 5.97 Å². The zero-order valence-electron chi connectivity index (χ0n) is 13.5. The Morgan fingerprint density at radius 3 is 2.52 bits per heavy atom. The first-order chi connectivity index (χ1) is 9.61. The second-order valence-corrected chi connectivity index (χ2v) is 6.96. The molecule has 3 nitrogen and oxygen atoms in total. The first-order valence-corrected chi connectivity index (χ1v) is 7.37. The molecule has 0 spiro atoms. The van der Waals surface area contributed by atoms with Gasteiger partial charge < -0.3 is 9.64 Å². The van der Waals surface area contributed by atoms with E-state index in [4.69, 9.17) is 16.3 Å². The number of esters is 1. The fourth-order valence-corrected chi connectivity index (χ4v) is 3.54. The number of rotatable bonds is 2. The van der Waals surface area contributed by atoms with Crippen molar-refractivity contribution in [3.8, 4) is 0 Å². The summed E-state index contributed by atoms with van der Waals surface area (Å²) >= 11 is 6.13. The van der Waals surface area contributed by atoms with Crippen molar-refractivity contribution in [3.05, 3.63) is 34.9 Å². The number of nitrogens with zero attached hydrogens (tertiary/aromatic N) is 1. The molecule has 0 amide bonds. The van der Waals surface area contributed by atoms with Gasteiger partial charge in [-0.2, -0.15) is 0 Å². The minimum absolute atomic E-state index is 0.260. The average molecular weight is 308 g/mol. The van der Waals surface area contributed by atoms with Crippen molar-refractivity contribution >= 4 is 28.8 Å². The van der Waals surface area contributed by atoms with Crippen molar-refractivity contribution in [1.82, 2.24) is 0 Å². The van der Waals surface area contributed by atoms with Crippen molar-refractivity contribution in [2.75, 3.05) is 12.0 Å². The van der Waals surface area contributed by atoms with E-state index in [9.17, 15) is 4.79 Å². The van der Waals surface area contributed by atoms with Crippen LogP contribution in [0.25, 0.3) is 5.57 Å². The molecule has 1 aliphatic heterocycles. The van der Waals surface area contributed by atoms with Crippen molar-refractivity contribution in [2.45, 2.75) is 45.7 Å². The number of halogens is 1. The second-order valence-electron chi connectivity index (χ2n) is 6.53. The molecule has 0 radical (unpaired) electrons. The first-order valence-electron chi connectivity index (χ1n) is 6.99. The van der Waals surface area contributed by atoms with Gasteiger partial charge in [-0.25, -0.2) is 4.79 Å². The van der Waals surface area contributed by atoms with Crippen molar-refractivity contribution in [2.24, 2.45) is 0 Å². The summed E-state index contributed by atoms with van der Waals surface area (Å²) in [6.45, 7) is 10.0. The molecule has 0 aliphatic carbocycles. The van der Waals surface area contributed by atoms with E-state index >= 15 is 0 Å². The smallest absolute Gasteiger partial charge is 0.331 e. The third-order valence-corrected chi connectivity index (χ3v) is 4.25. The Hall–Kier alpha value is -1.48. The summed E-state index contributed by atoms with van der Waals surface area (Å²) in [4.78, 5) is 14.4. The van der Waals surface area contributed by atoms with Crippen molar-refractivity contribution in [3.63, 3.8) is 0 Å². The van der Waals surface area contributed by atoms with Crippen LogP contribution in [0, 0.1) is 0 Å². The van der Waals surface area contributed by atoms with Gasteiger partial charge in [-0.1, -0.05) is 17.7 Å². The third-order valence-electron chi connectivity index (χ3n) is 4.01. The lowest BCUT2D eigenvalue weighted by molar-refractivity contribution is -0.146. The maximum atomic E-state index is 12.3. The average Bonchev–Trinajstić information content (AvgIpc) is 2.37. The standard InChI is InChI=1S/C17H22ClNO2/c1-11-10-16(2,3)19(17(4,5)15(20)21-6)14-8-7-12(18)9-13(11)14/h7-10H,1-6H3. The number of ether oxygens (including phenoxy) is 1. The van der Waals surface area contributed by atoms with Gasteiger partial charge in [-0.15, -0.1) is 0 Å². The molecule has 0 N–H and O–H groups in total. The van der Waals surface area contributed by atoms with Crippen LogP contribution in [0.5, 0.6) is 0 Å². The Bertz CT molecular complexity index is 617. The van der Waals surface area contributed by atoms with Crippen LogP contribution >= 0.6 is 11.6 Å². The van der Waals surface area contributed by atoms with Gasteiger partial charge in [0.25, 0.3) is 0 Å². The molecule has 0 bridgehead atoms. The minimum atomic E-state index is -0.780. The van der Waals surface area contributed by atoms with E-state index in [1.165, 1.54) is 7.11 Å². The number of allylic oxidation sites excluding steroid dienone is 1. The van der Waals surface area contributed by atoms with Crippen molar-refractivity contribution in [1.29, 1.82) is 0 Å². The molecule has 0 aromatic heterocycles. The summed E-state index contributed by atoms with van der Waals surface area (Å²) in [6.07, 6.45) is 2.16. The summed E-state index contributed by atoms with van der Waals surface area (Å²) in [5, 5.41) is 0.692. The normalized spacial score (nSPS) is 17.1. The van der Waals surface area contributed by atoms with Crippen LogP contribution in [0.2, 0.25) is 5.02 Å². The molecule has 4 heteroatoms. The largest absolute Gasteiger partial charge is 0.467 e. The summed E-state index contributed by atoms with van der Waals surface area (Å²) in [5.74, 6) is -0.260. The van der Waals surface area contributed by atoms with Gasteiger partial charge in [0.15, 0.2) is 0 Å². The number of hydrogen-bond acceptors (Lipinski definition) is 3. The maximum absolute atomic E-state index is 12.3. The first kappa shape index (κ1) is 15.9. The van der Waals surface area contributed by atoms with Crippen LogP contribution in [0.1, 0.15) is 40.2 Å². The van der Waals surface area contributed by atoms with Crippen LogP contribution in [0.3, 0.4) is 0 Å². The molecule has 114 valence electrons. The molecule has 2 rings (SSSR count). The van der Waals surface area contributed by atoms with Crippen LogP contribution in [0.15, 0.2) is 24.3 Å². The lowest BCUT2D eigenvalue weighted by atomic mass is 9.84. The highest BCUT2D eigenvalue weighted by Gasteiger charge is 2.45. The highest BCUT2D eigenvalue weighted by Crippen LogP contribution is 2.44. The molecule has 0 atom stereocenters. The van der Waals surface area contributed by atoms with Crippen LogP contribution in [-0.2, 0) is 9.53 Å². The van der Waals surface area contributed by atoms with Gasteiger partial charge in [-0.05, 0) is 58.4 Å². The summed E-state index contributed by atoms with van der Waals surface area (Å²) in [6, 6.07) is 5.77. The number of carbonyl (C=O) groups is 1. The van der Waals surface area contributed by atoms with Crippen LogP contribution in [0.4, 0.5) is 5.69 Å². The Morgan fingerprint density at radius 2 is 1.95 bits per heavy atom. The molecule has 1 heterocycles. The van der Waals surface area contributed by atoms with Gasteiger partial charge in [0.2, 0.25) is 0 Å². The molecule has 0 fully saturated rings. The fraction of sp³-hybridized carbons (Fsp3) is 0.471. The molecule has 1 aliphatic rings. The topological polar surface area (TPSA) is 29.5 Å². The number of methoxy groups -OCH3 is 1. The Kier molecular flexibility index (Phi) is 3.83. The van der Waals surface area contributed by atoms with Gasteiger partial charge in [-0.3, -0.25) is 0 Å². The molecular formula is C17H22ClNO2. The second kappa shape index (κ2) is 5.06. The minimum Gasteiger partial charge on any atom is -0.467 e. The summed E-state index contributed by atoms with van der Waals surface area (Å²) in [7, 11) is 1.42. The molecule has 1 aromatic carbocycles. The Balaban J connectivity index is 2.68. The van der Waals surface area contributed by atoms with E-state index in [-0.39, 0.29) is 11.5 Å². The van der Waals surface area contributed by atoms with Crippen LogP contribution < -0.4 is 4.90 Å². The Labute approximate surface area is 131 Å². The zero-order chi connectivity index (χ0) is 16.0. The molecule has 21 heavy (non-hydrogen) atoms. The van der Waals surface area contributed by atoms with Gasteiger partial charge in [0.1, 0.15) is 5.54 Å². The van der Waals surface area contributed by atoms with Gasteiger partial charge in [0.05, 0.1) is 12.6 Å². The van der Waals surface area contributed by atoms with E-state index in [0.717, 1.165) is 16.8 Å². The molecule has 1 aromatic rings. The predicted molar refractivity (Wildman–Crippen MR) is 87.8 cm³/mol. The van der Waals surface area contributed by atoms with Crippen molar-refractivity contribution < 1.29 is 9.53 Å². The summed E-state index contributed by atoms with van der Waals surface area (Å²) < 4.78 is 5.00. The van der Waals surface area contributed by atoms with E-state index in [2.05, 4.69) is 31.7 Å².